The minimum Gasteiger partial charge on any atom is -0.461 e. The highest BCUT2D eigenvalue weighted by atomic mass is 19.3. The third-order valence-corrected chi connectivity index (χ3v) is 1.68. The zero-order valence-electron chi connectivity index (χ0n) is 8.11. The smallest absolute Gasteiger partial charge is 0.360 e. The minimum atomic E-state index is -2.54. The highest BCUT2D eigenvalue weighted by Gasteiger charge is 2.18. The van der Waals surface area contributed by atoms with Gasteiger partial charge in [-0.15, -0.1) is 0 Å². The van der Waals surface area contributed by atoms with Crippen LogP contribution in [0.1, 0.15) is 17.4 Å². The van der Waals surface area contributed by atoms with Gasteiger partial charge in [0.05, 0.1) is 19.5 Å². The standard InChI is InChI=1S/C8H11F2N3O2/c1-2-15-8(14)6-7(11)13(4-12-6)3-5(9)10/h4-5H,2-3,11H2,1H3. The van der Waals surface area contributed by atoms with Crippen molar-refractivity contribution in [1.82, 2.24) is 9.55 Å². The van der Waals surface area contributed by atoms with Gasteiger partial charge in [-0.1, -0.05) is 0 Å². The number of ether oxygens (including phenoxy) is 1. The van der Waals surface area contributed by atoms with E-state index < -0.39 is 18.9 Å². The molecule has 1 heterocycles. The fourth-order valence-corrected chi connectivity index (χ4v) is 1.04. The first-order chi connectivity index (χ1) is 7.06. The molecule has 1 rings (SSSR count). The molecular formula is C8H11F2N3O2. The van der Waals surface area contributed by atoms with E-state index >= 15 is 0 Å². The third-order valence-electron chi connectivity index (χ3n) is 1.68. The molecule has 0 aliphatic rings. The summed E-state index contributed by atoms with van der Waals surface area (Å²) in [6.45, 7) is 1.22. The number of alkyl halides is 2. The topological polar surface area (TPSA) is 70.1 Å². The first-order valence-electron chi connectivity index (χ1n) is 4.32. The first-order valence-corrected chi connectivity index (χ1v) is 4.32. The Bertz CT molecular complexity index is 352. The van der Waals surface area contributed by atoms with Crippen LogP contribution >= 0.6 is 0 Å². The van der Waals surface area contributed by atoms with Crippen LogP contribution < -0.4 is 5.73 Å². The van der Waals surface area contributed by atoms with Gasteiger partial charge in [-0.05, 0) is 6.92 Å². The molecule has 0 saturated heterocycles. The molecule has 5 nitrogen and oxygen atoms in total. The highest BCUT2D eigenvalue weighted by molar-refractivity contribution is 5.92. The number of hydrogen-bond acceptors (Lipinski definition) is 4. The van der Waals surface area contributed by atoms with E-state index in [1.54, 1.807) is 6.92 Å². The van der Waals surface area contributed by atoms with E-state index in [-0.39, 0.29) is 18.1 Å². The van der Waals surface area contributed by atoms with Crippen molar-refractivity contribution in [2.75, 3.05) is 12.3 Å². The van der Waals surface area contributed by atoms with Crippen molar-refractivity contribution >= 4 is 11.8 Å². The number of nitrogen functional groups attached to an aromatic ring is 1. The van der Waals surface area contributed by atoms with E-state index in [2.05, 4.69) is 9.72 Å². The number of carbonyl (C=O) groups excluding carboxylic acids is 1. The van der Waals surface area contributed by atoms with Crippen LogP contribution in [0.4, 0.5) is 14.6 Å². The third kappa shape index (κ3) is 2.64. The lowest BCUT2D eigenvalue weighted by Crippen LogP contribution is -2.12. The van der Waals surface area contributed by atoms with E-state index in [9.17, 15) is 13.6 Å². The molecule has 0 spiro atoms. The summed E-state index contributed by atoms with van der Waals surface area (Å²) in [5.74, 6) is -0.809. The second-order valence-electron chi connectivity index (χ2n) is 2.74. The Labute approximate surface area is 84.8 Å². The Morgan fingerprint density at radius 2 is 2.40 bits per heavy atom. The fraction of sp³-hybridized carbons (Fsp3) is 0.500. The number of hydrogen-bond donors (Lipinski definition) is 1. The van der Waals surface area contributed by atoms with Gasteiger partial charge in [-0.25, -0.2) is 18.6 Å². The number of carbonyl (C=O) groups is 1. The molecule has 7 heteroatoms. The molecule has 0 radical (unpaired) electrons. The molecule has 0 aliphatic carbocycles. The molecule has 1 aromatic heterocycles. The monoisotopic (exact) mass is 219 g/mol. The number of halogens is 2. The Hall–Kier alpha value is -1.66. The molecule has 0 aromatic carbocycles. The average molecular weight is 219 g/mol. The predicted octanol–water partition coefficient (Wildman–Crippen LogP) is 0.907. The van der Waals surface area contributed by atoms with Crippen LogP contribution in [0.5, 0.6) is 0 Å². The summed E-state index contributed by atoms with van der Waals surface area (Å²) >= 11 is 0. The van der Waals surface area contributed by atoms with E-state index in [1.165, 1.54) is 0 Å². The van der Waals surface area contributed by atoms with Crippen LogP contribution in [0.15, 0.2) is 6.33 Å². The number of rotatable bonds is 4. The predicted molar refractivity (Wildman–Crippen MR) is 48.6 cm³/mol. The number of nitrogens with zero attached hydrogens (tertiary/aromatic N) is 2. The van der Waals surface area contributed by atoms with Gasteiger partial charge < -0.3 is 15.0 Å². The van der Waals surface area contributed by atoms with Crippen molar-refractivity contribution in [1.29, 1.82) is 0 Å². The van der Waals surface area contributed by atoms with E-state index in [4.69, 9.17) is 5.73 Å². The van der Waals surface area contributed by atoms with Crippen LogP contribution in [0.25, 0.3) is 0 Å². The molecule has 1 aromatic rings. The molecular weight excluding hydrogens is 208 g/mol. The van der Waals surface area contributed by atoms with Crippen molar-refractivity contribution in [2.45, 2.75) is 19.9 Å². The molecule has 15 heavy (non-hydrogen) atoms. The lowest BCUT2D eigenvalue weighted by molar-refractivity contribution is 0.0521. The number of aromatic nitrogens is 2. The molecule has 0 atom stereocenters. The summed E-state index contributed by atoms with van der Waals surface area (Å²) in [5.41, 5.74) is 5.32. The van der Waals surface area contributed by atoms with E-state index in [0.717, 1.165) is 10.9 Å². The summed E-state index contributed by atoms with van der Waals surface area (Å²) in [6.07, 6.45) is -1.45. The van der Waals surface area contributed by atoms with Crippen LogP contribution in [0.2, 0.25) is 0 Å². The normalized spacial score (nSPS) is 10.7. The Balaban J connectivity index is 2.84. The zero-order chi connectivity index (χ0) is 11.4. The Morgan fingerprint density at radius 3 is 2.93 bits per heavy atom. The lowest BCUT2D eigenvalue weighted by Gasteiger charge is -2.04. The fourth-order valence-electron chi connectivity index (χ4n) is 1.04. The zero-order valence-corrected chi connectivity index (χ0v) is 8.11. The maximum Gasteiger partial charge on any atom is 0.360 e. The van der Waals surface area contributed by atoms with Crippen LogP contribution in [-0.2, 0) is 11.3 Å². The molecule has 0 fully saturated rings. The highest BCUT2D eigenvalue weighted by Crippen LogP contribution is 2.13. The van der Waals surface area contributed by atoms with Gasteiger partial charge in [-0.2, -0.15) is 0 Å². The van der Waals surface area contributed by atoms with Crippen molar-refractivity contribution in [3.8, 4) is 0 Å². The van der Waals surface area contributed by atoms with E-state index in [1.807, 2.05) is 0 Å². The molecule has 0 bridgehead atoms. The van der Waals surface area contributed by atoms with Crippen LogP contribution in [-0.4, -0.2) is 28.6 Å². The van der Waals surface area contributed by atoms with Gasteiger partial charge >= 0.3 is 5.97 Å². The molecule has 2 N–H and O–H groups in total. The van der Waals surface area contributed by atoms with Crippen molar-refractivity contribution in [2.24, 2.45) is 0 Å². The molecule has 0 amide bonds. The van der Waals surface area contributed by atoms with Gasteiger partial charge in [0.25, 0.3) is 6.43 Å². The summed E-state index contributed by atoms with van der Waals surface area (Å²) in [6, 6.07) is 0. The van der Waals surface area contributed by atoms with Crippen LogP contribution in [0.3, 0.4) is 0 Å². The molecule has 0 saturated carbocycles. The van der Waals surface area contributed by atoms with Gasteiger partial charge in [0.2, 0.25) is 0 Å². The number of anilines is 1. The largest absolute Gasteiger partial charge is 0.461 e. The second kappa shape index (κ2) is 4.72. The summed E-state index contributed by atoms with van der Waals surface area (Å²) < 4.78 is 29.7. The van der Waals surface area contributed by atoms with Gasteiger partial charge in [0, 0.05) is 0 Å². The maximum absolute atomic E-state index is 12.0. The second-order valence-corrected chi connectivity index (χ2v) is 2.74. The lowest BCUT2D eigenvalue weighted by atomic mass is 10.4. The number of nitrogens with two attached hydrogens (primary N) is 1. The molecule has 0 unspecified atom stereocenters. The van der Waals surface area contributed by atoms with E-state index in [0.29, 0.717) is 0 Å². The van der Waals surface area contributed by atoms with Gasteiger partial charge in [-0.3, -0.25) is 0 Å². The summed E-state index contributed by atoms with van der Waals surface area (Å²) in [7, 11) is 0. The quantitative estimate of drug-likeness (QED) is 0.764. The van der Waals surface area contributed by atoms with Crippen molar-refractivity contribution in [3.63, 3.8) is 0 Å². The molecule has 84 valence electrons. The van der Waals surface area contributed by atoms with Gasteiger partial charge in [0.1, 0.15) is 5.82 Å². The minimum absolute atomic E-state index is 0.103. The van der Waals surface area contributed by atoms with Gasteiger partial charge in [0.15, 0.2) is 5.69 Å². The SMILES string of the molecule is CCOC(=O)c1ncn(CC(F)F)c1N. The number of imidazole rings is 1. The van der Waals surface area contributed by atoms with Crippen molar-refractivity contribution in [3.05, 3.63) is 12.0 Å². The Morgan fingerprint density at radius 1 is 1.73 bits per heavy atom. The number of esters is 1. The first kappa shape index (κ1) is 11.4. The summed E-state index contributed by atoms with van der Waals surface area (Å²) in [5, 5.41) is 0. The maximum atomic E-state index is 12.0. The summed E-state index contributed by atoms with van der Waals surface area (Å²) in [4.78, 5) is 14.8. The van der Waals surface area contributed by atoms with Crippen LogP contribution in [0, 0.1) is 0 Å². The Kier molecular flexibility index (Phi) is 3.59. The van der Waals surface area contributed by atoms with Crippen molar-refractivity contribution < 1.29 is 18.3 Å². The molecule has 0 aliphatic heterocycles. The average Bonchev–Trinajstić information content (AvgIpc) is 2.48.